The van der Waals surface area contributed by atoms with Crippen LogP contribution >= 0.6 is 23.5 Å². The zero-order valence-electron chi connectivity index (χ0n) is 17.1. The van der Waals surface area contributed by atoms with E-state index >= 15 is 0 Å². The molecule has 4 nitrogen and oxygen atoms in total. The molecule has 1 aliphatic rings. The van der Waals surface area contributed by atoms with Crippen molar-refractivity contribution >= 4 is 41.0 Å². The Labute approximate surface area is 189 Å². The number of rotatable bonds is 9. The van der Waals surface area contributed by atoms with Crippen LogP contribution in [-0.2, 0) is 4.79 Å². The van der Waals surface area contributed by atoms with Crippen molar-refractivity contribution in [2.45, 2.75) is 47.7 Å². The first-order chi connectivity index (χ1) is 15.0. The summed E-state index contributed by atoms with van der Waals surface area (Å²) in [6, 6.07) is 13.4. The standard InChI is InChI=1S/C23H26F2N2O2S2/c24-23(25)31-18-12-10-17(11-13-18)27-22(29)19-8-4-5-9-20(19)30-15-21(28)26-14-16-6-2-1-3-7-16/h4-5,8-13,16,23H,1-3,6-7,14-15H2,(H,26,28)(H,27,29). The minimum Gasteiger partial charge on any atom is -0.355 e. The summed E-state index contributed by atoms with van der Waals surface area (Å²) in [5.41, 5.74) is 0.993. The topological polar surface area (TPSA) is 58.2 Å². The van der Waals surface area contributed by atoms with Crippen molar-refractivity contribution in [1.29, 1.82) is 0 Å². The molecule has 31 heavy (non-hydrogen) atoms. The van der Waals surface area contributed by atoms with Gasteiger partial charge in [-0.15, -0.1) is 11.8 Å². The number of alkyl halides is 2. The molecule has 2 N–H and O–H groups in total. The minimum absolute atomic E-state index is 0.0297. The third-order valence-corrected chi connectivity index (χ3v) is 6.94. The second kappa shape index (κ2) is 12.1. The molecule has 2 aromatic rings. The summed E-state index contributed by atoms with van der Waals surface area (Å²) in [7, 11) is 0. The van der Waals surface area contributed by atoms with Crippen LogP contribution in [0.4, 0.5) is 14.5 Å². The van der Waals surface area contributed by atoms with Gasteiger partial charge in [-0.3, -0.25) is 9.59 Å². The summed E-state index contributed by atoms with van der Waals surface area (Å²) in [5.74, 6) is -2.00. The first-order valence-electron chi connectivity index (χ1n) is 10.4. The smallest absolute Gasteiger partial charge is 0.288 e. The lowest BCUT2D eigenvalue weighted by Gasteiger charge is -2.21. The molecule has 1 aliphatic carbocycles. The number of halogens is 2. The van der Waals surface area contributed by atoms with Crippen LogP contribution in [-0.4, -0.2) is 29.9 Å². The molecular weight excluding hydrogens is 438 g/mol. The van der Waals surface area contributed by atoms with Gasteiger partial charge in [0.1, 0.15) is 0 Å². The van der Waals surface area contributed by atoms with Gasteiger partial charge in [-0.2, -0.15) is 8.78 Å². The van der Waals surface area contributed by atoms with Crippen LogP contribution in [0, 0.1) is 5.92 Å². The van der Waals surface area contributed by atoms with Crippen LogP contribution in [0.5, 0.6) is 0 Å². The van der Waals surface area contributed by atoms with Gasteiger partial charge in [-0.25, -0.2) is 0 Å². The van der Waals surface area contributed by atoms with E-state index in [2.05, 4.69) is 10.6 Å². The highest BCUT2D eigenvalue weighted by molar-refractivity contribution is 8.00. The van der Waals surface area contributed by atoms with Gasteiger partial charge in [0.15, 0.2) is 0 Å². The molecule has 2 aromatic carbocycles. The number of hydrogen-bond donors (Lipinski definition) is 2. The van der Waals surface area contributed by atoms with E-state index in [1.807, 2.05) is 12.1 Å². The van der Waals surface area contributed by atoms with E-state index in [1.54, 1.807) is 36.4 Å². The average Bonchev–Trinajstić information content (AvgIpc) is 2.78. The number of carbonyl (C=O) groups excluding carboxylic acids is 2. The van der Waals surface area contributed by atoms with E-state index in [0.29, 0.717) is 33.8 Å². The Kier molecular flexibility index (Phi) is 9.21. The van der Waals surface area contributed by atoms with E-state index in [4.69, 9.17) is 0 Å². The molecule has 1 saturated carbocycles. The molecule has 0 radical (unpaired) electrons. The Hall–Kier alpha value is -2.06. The Morgan fingerprint density at radius 1 is 1.00 bits per heavy atom. The van der Waals surface area contributed by atoms with Gasteiger partial charge in [0.25, 0.3) is 11.7 Å². The van der Waals surface area contributed by atoms with Crippen molar-refractivity contribution in [2.24, 2.45) is 5.92 Å². The van der Waals surface area contributed by atoms with Crippen LogP contribution in [0.25, 0.3) is 0 Å². The Bertz CT molecular complexity index is 872. The highest BCUT2D eigenvalue weighted by Gasteiger charge is 2.16. The van der Waals surface area contributed by atoms with Crippen molar-refractivity contribution in [3.63, 3.8) is 0 Å². The first kappa shape index (κ1) is 23.6. The maximum Gasteiger partial charge on any atom is 0.288 e. The van der Waals surface area contributed by atoms with Crippen molar-refractivity contribution in [2.75, 3.05) is 17.6 Å². The molecule has 1 fully saturated rings. The average molecular weight is 465 g/mol. The molecule has 0 saturated heterocycles. The predicted molar refractivity (Wildman–Crippen MR) is 123 cm³/mol. The number of nitrogens with one attached hydrogen (secondary N) is 2. The summed E-state index contributed by atoms with van der Waals surface area (Å²) < 4.78 is 24.9. The second-order valence-corrected chi connectivity index (χ2v) is 9.53. The van der Waals surface area contributed by atoms with Crippen molar-refractivity contribution in [1.82, 2.24) is 5.32 Å². The largest absolute Gasteiger partial charge is 0.355 e. The van der Waals surface area contributed by atoms with Crippen LogP contribution in [0.15, 0.2) is 58.3 Å². The van der Waals surface area contributed by atoms with Crippen molar-refractivity contribution < 1.29 is 18.4 Å². The molecule has 0 aromatic heterocycles. The predicted octanol–water partition coefficient (Wildman–Crippen LogP) is 6.04. The number of anilines is 1. The molecule has 0 aliphatic heterocycles. The number of benzene rings is 2. The van der Waals surface area contributed by atoms with Gasteiger partial charge < -0.3 is 10.6 Å². The SMILES string of the molecule is O=C(CSc1ccccc1C(=O)Nc1ccc(SC(F)F)cc1)NCC1CCCCC1. The molecule has 0 heterocycles. The maximum absolute atomic E-state index is 12.7. The molecular formula is C23H26F2N2O2S2. The van der Waals surface area contributed by atoms with Gasteiger partial charge in [-0.05, 0) is 55.2 Å². The number of hydrogen-bond acceptors (Lipinski definition) is 4. The molecule has 2 amide bonds. The van der Waals surface area contributed by atoms with Gasteiger partial charge in [0.05, 0.1) is 11.3 Å². The zero-order chi connectivity index (χ0) is 22.1. The quantitative estimate of drug-likeness (QED) is 0.444. The van der Waals surface area contributed by atoms with Crippen molar-refractivity contribution in [3.05, 3.63) is 54.1 Å². The van der Waals surface area contributed by atoms with Crippen LogP contribution < -0.4 is 10.6 Å². The van der Waals surface area contributed by atoms with Gasteiger partial charge in [0, 0.05) is 22.0 Å². The summed E-state index contributed by atoms with van der Waals surface area (Å²) >= 11 is 1.79. The normalized spacial score (nSPS) is 14.4. The van der Waals surface area contributed by atoms with Crippen LogP contribution in [0.3, 0.4) is 0 Å². The van der Waals surface area contributed by atoms with Crippen LogP contribution in [0.1, 0.15) is 42.5 Å². The Balaban J connectivity index is 1.52. The summed E-state index contributed by atoms with van der Waals surface area (Å²) in [6.45, 7) is 0.724. The molecule has 0 spiro atoms. The monoisotopic (exact) mass is 464 g/mol. The van der Waals surface area contributed by atoms with E-state index in [9.17, 15) is 18.4 Å². The van der Waals surface area contributed by atoms with E-state index in [0.717, 1.165) is 11.4 Å². The van der Waals surface area contributed by atoms with Crippen molar-refractivity contribution in [3.8, 4) is 0 Å². The lowest BCUT2D eigenvalue weighted by atomic mass is 9.89. The Morgan fingerprint density at radius 3 is 2.42 bits per heavy atom. The highest BCUT2D eigenvalue weighted by Crippen LogP contribution is 2.27. The van der Waals surface area contributed by atoms with E-state index < -0.39 is 5.76 Å². The summed E-state index contributed by atoms with van der Waals surface area (Å²) in [6.07, 6.45) is 6.13. The fourth-order valence-electron chi connectivity index (χ4n) is 3.54. The fourth-order valence-corrected chi connectivity index (χ4v) is 4.92. The number of amides is 2. The lowest BCUT2D eigenvalue weighted by molar-refractivity contribution is -0.118. The van der Waals surface area contributed by atoms with Gasteiger partial charge in [0.2, 0.25) is 5.91 Å². The summed E-state index contributed by atoms with van der Waals surface area (Å²) in [4.78, 5) is 26.1. The van der Waals surface area contributed by atoms with Gasteiger partial charge >= 0.3 is 0 Å². The second-order valence-electron chi connectivity index (χ2n) is 7.45. The highest BCUT2D eigenvalue weighted by atomic mass is 32.2. The number of carbonyl (C=O) groups is 2. The minimum atomic E-state index is -2.48. The third kappa shape index (κ3) is 7.85. The molecule has 166 valence electrons. The van der Waals surface area contributed by atoms with E-state index in [1.165, 1.54) is 43.9 Å². The van der Waals surface area contributed by atoms with E-state index in [-0.39, 0.29) is 17.6 Å². The first-order valence-corrected chi connectivity index (χ1v) is 12.2. The zero-order valence-corrected chi connectivity index (χ0v) is 18.7. The third-order valence-electron chi connectivity index (χ3n) is 5.14. The molecule has 0 unspecified atom stereocenters. The van der Waals surface area contributed by atoms with Gasteiger partial charge in [-0.1, -0.05) is 43.2 Å². The molecule has 0 atom stereocenters. The van der Waals surface area contributed by atoms with Crippen LogP contribution in [0.2, 0.25) is 0 Å². The number of thioether (sulfide) groups is 2. The lowest BCUT2D eigenvalue weighted by Crippen LogP contribution is -2.31. The Morgan fingerprint density at radius 2 is 1.71 bits per heavy atom. The maximum atomic E-state index is 12.7. The fraction of sp³-hybridized carbons (Fsp3) is 0.391. The summed E-state index contributed by atoms with van der Waals surface area (Å²) in [5, 5.41) is 5.80. The molecule has 8 heteroatoms. The molecule has 0 bridgehead atoms. The molecule has 3 rings (SSSR count).